The van der Waals surface area contributed by atoms with Crippen molar-refractivity contribution in [3.63, 3.8) is 0 Å². The number of hydrogen-bond acceptors (Lipinski definition) is 4. The van der Waals surface area contributed by atoms with E-state index in [0.717, 1.165) is 28.9 Å². The van der Waals surface area contributed by atoms with Crippen molar-refractivity contribution >= 4 is 17.3 Å². The summed E-state index contributed by atoms with van der Waals surface area (Å²) in [6, 6.07) is 7.96. The maximum absolute atomic E-state index is 13.0. The minimum absolute atomic E-state index is 0.0382. The Bertz CT molecular complexity index is 1100. The maximum Gasteiger partial charge on any atom is 0.244 e. The number of aromatic nitrogens is 4. The number of nitrogens with zero attached hydrogens (tertiary/aromatic N) is 6. The number of aryl methyl sites for hydroxylation is 2. The Kier molecular flexibility index (Phi) is 4.15. The van der Waals surface area contributed by atoms with Gasteiger partial charge < -0.3 is 9.80 Å². The smallest absolute Gasteiger partial charge is 0.244 e. The molecule has 8 nitrogen and oxygen atoms in total. The fraction of sp³-hybridized carbons (Fsp3) is 0.429. The van der Waals surface area contributed by atoms with Crippen molar-refractivity contribution in [3.05, 3.63) is 53.6 Å². The zero-order valence-electron chi connectivity index (χ0n) is 16.7. The Balaban J connectivity index is 1.33. The van der Waals surface area contributed by atoms with E-state index < -0.39 is 0 Å². The number of pyridine rings is 1. The quantitative estimate of drug-likeness (QED) is 0.675. The predicted octanol–water partition coefficient (Wildman–Crippen LogP) is 1.55. The Morgan fingerprint density at radius 2 is 2.10 bits per heavy atom. The number of carbonyl (C=O) groups is 2. The summed E-state index contributed by atoms with van der Waals surface area (Å²) in [5.41, 5.74) is 3.97. The second-order valence-electron chi connectivity index (χ2n) is 8.02. The van der Waals surface area contributed by atoms with Crippen molar-refractivity contribution in [2.75, 3.05) is 6.54 Å². The third-order valence-corrected chi connectivity index (χ3v) is 6.19. The van der Waals surface area contributed by atoms with Crippen LogP contribution >= 0.6 is 0 Å². The van der Waals surface area contributed by atoms with E-state index in [1.807, 2.05) is 58.6 Å². The molecular weight excluding hydrogens is 368 g/mol. The van der Waals surface area contributed by atoms with E-state index >= 15 is 0 Å². The van der Waals surface area contributed by atoms with Gasteiger partial charge in [0.25, 0.3) is 0 Å². The third kappa shape index (κ3) is 2.99. The minimum Gasteiger partial charge on any atom is -0.335 e. The lowest BCUT2D eigenvalue weighted by Gasteiger charge is -2.26. The predicted molar refractivity (Wildman–Crippen MR) is 106 cm³/mol. The SMILES string of the molecule is Cc1cc(C)n(CC(=O)N2CC[C@H]3[C@@H]2CC(=O)N3Cc2cccn3nccc23)n1. The van der Waals surface area contributed by atoms with E-state index in [1.165, 1.54) is 0 Å². The second kappa shape index (κ2) is 6.72. The van der Waals surface area contributed by atoms with Gasteiger partial charge in [-0.1, -0.05) is 6.07 Å². The Labute approximate surface area is 168 Å². The summed E-state index contributed by atoms with van der Waals surface area (Å²) in [6.45, 7) is 5.35. The molecule has 0 aromatic carbocycles. The molecule has 0 bridgehead atoms. The average molecular weight is 392 g/mol. The molecule has 0 radical (unpaired) electrons. The fourth-order valence-corrected chi connectivity index (χ4v) is 4.83. The van der Waals surface area contributed by atoms with Gasteiger partial charge in [-0.25, -0.2) is 4.52 Å². The lowest BCUT2D eigenvalue weighted by Crippen LogP contribution is -2.41. The summed E-state index contributed by atoms with van der Waals surface area (Å²) in [5, 5.41) is 8.68. The molecular formula is C21H24N6O2. The Morgan fingerprint density at radius 1 is 1.24 bits per heavy atom. The molecule has 2 saturated heterocycles. The summed E-state index contributed by atoms with van der Waals surface area (Å²) in [6.07, 6.45) is 4.89. The van der Waals surface area contributed by atoms with Gasteiger partial charge in [-0.05, 0) is 44.0 Å². The molecule has 0 aliphatic carbocycles. The lowest BCUT2D eigenvalue weighted by atomic mass is 10.1. The molecule has 0 spiro atoms. The van der Waals surface area contributed by atoms with E-state index in [9.17, 15) is 9.59 Å². The van der Waals surface area contributed by atoms with Gasteiger partial charge in [-0.15, -0.1) is 0 Å². The van der Waals surface area contributed by atoms with Crippen molar-refractivity contribution in [2.24, 2.45) is 0 Å². The Morgan fingerprint density at radius 3 is 2.90 bits per heavy atom. The summed E-state index contributed by atoms with van der Waals surface area (Å²) < 4.78 is 3.58. The van der Waals surface area contributed by atoms with Crippen LogP contribution in [0.25, 0.3) is 5.52 Å². The molecule has 0 unspecified atom stereocenters. The number of hydrogen-bond donors (Lipinski definition) is 0. The van der Waals surface area contributed by atoms with Crippen molar-refractivity contribution in [3.8, 4) is 0 Å². The summed E-state index contributed by atoms with van der Waals surface area (Å²) in [7, 11) is 0. The number of rotatable bonds is 4. The third-order valence-electron chi connectivity index (χ3n) is 6.19. The highest BCUT2D eigenvalue weighted by Gasteiger charge is 2.48. The van der Waals surface area contributed by atoms with Crippen LogP contribution in [0, 0.1) is 13.8 Å². The monoisotopic (exact) mass is 392 g/mol. The first-order valence-electron chi connectivity index (χ1n) is 10.0. The van der Waals surface area contributed by atoms with Gasteiger partial charge >= 0.3 is 0 Å². The summed E-state index contributed by atoms with van der Waals surface area (Å²) in [5.74, 6) is 0.154. The van der Waals surface area contributed by atoms with E-state index in [2.05, 4.69) is 10.2 Å². The highest BCUT2D eigenvalue weighted by Crippen LogP contribution is 2.34. The van der Waals surface area contributed by atoms with Crippen LogP contribution in [-0.4, -0.2) is 59.6 Å². The normalized spacial score (nSPS) is 21.4. The largest absolute Gasteiger partial charge is 0.335 e. The molecule has 8 heteroatoms. The van der Waals surface area contributed by atoms with E-state index in [1.54, 1.807) is 10.9 Å². The van der Waals surface area contributed by atoms with Gasteiger partial charge in [-0.2, -0.15) is 10.2 Å². The molecule has 29 heavy (non-hydrogen) atoms. The Hall–Kier alpha value is -3.16. The van der Waals surface area contributed by atoms with Gasteiger partial charge in [0.2, 0.25) is 11.8 Å². The lowest BCUT2D eigenvalue weighted by molar-refractivity contribution is -0.133. The maximum atomic E-state index is 13.0. The van der Waals surface area contributed by atoms with Gasteiger partial charge in [0.1, 0.15) is 6.54 Å². The van der Waals surface area contributed by atoms with Gasteiger partial charge in [0.15, 0.2) is 0 Å². The van der Waals surface area contributed by atoms with Crippen molar-refractivity contribution in [2.45, 2.75) is 51.9 Å². The van der Waals surface area contributed by atoms with Crippen LogP contribution < -0.4 is 0 Å². The molecule has 3 aromatic heterocycles. The molecule has 2 aliphatic rings. The minimum atomic E-state index is -0.0448. The molecule has 0 saturated carbocycles. The number of amides is 2. The molecule has 2 atom stereocenters. The zero-order chi connectivity index (χ0) is 20.1. The van der Waals surface area contributed by atoms with Crippen LogP contribution in [0.1, 0.15) is 29.8 Å². The van der Waals surface area contributed by atoms with E-state index in [4.69, 9.17) is 0 Å². The highest BCUT2D eigenvalue weighted by atomic mass is 16.2. The zero-order valence-corrected chi connectivity index (χ0v) is 16.7. The summed E-state index contributed by atoms with van der Waals surface area (Å²) in [4.78, 5) is 29.6. The second-order valence-corrected chi connectivity index (χ2v) is 8.02. The first kappa shape index (κ1) is 17.9. The van der Waals surface area contributed by atoms with Crippen molar-refractivity contribution in [1.82, 2.24) is 29.2 Å². The van der Waals surface area contributed by atoms with Crippen LogP contribution in [0.2, 0.25) is 0 Å². The first-order chi connectivity index (χ1) is 14.0. The number of carbonyl (C=O) groups excluding carboxylic acids is 2. The van der Waals surface area contributed by atoms with Gasteiger partial charge in [-0.3, -0.25) is 14.3 Å². The topological polar surface area (TPSA) is 75.7 Å². The molecule has 0 N–H and O–H groups in total. The number of fused-ring (bicyclic) bond motifs is 2. The molecule has 2 aliphatic heterocycles. The standard InChI is InChI=1S/C21H24N6O2/c1-14-10-15(2)27(23-14)13-21(29)24-9-6-18-19(24)11-20(28)25(18)12-16-4-3-8-26-17(16)5-7-22-26/h3-5,7-8,10,18-19H,6,9,11-13H2,1-2H3/t18-,19-/m0/s1. The summed E-state index contributed by atoms with van der Waals surface area (Å²) >= 11 is 0. The fourth-order valence-electron chi connectivity index (χ4n) is 4.83. The molecule has 2 amide bonds. The van der Waals surface area contributed by atoms with Crippen molar-refractivity contribution in [1.29, 1.82) is 0 Å². The van der Waals surface area contributed by atoms with Crippen LogP contribution in [0.15, 0.2) is 36.7 Å². The average Bonchev–Trinajstić information content (AvgIpc) is 3.43. The van der Waals surface area contributed by atoms with E-state index in [0.29, 0.717) is 19.5 Å². The molecule has 2 fully saturated rings. The van der Waals surface area contributed by atoms with Crippen LogP contribution in [0.4, 0.5) is 0 Å². The van der Waals surface area contributed by atoms with Crippen LogP contribution in [-0.2, 0) is 22.7 Å². The van der Waals surface area contributed by atoms with Crippen LogP contribution in [0.3, 0.4) is 0 Å². The van der Waals surface area contributed by atoms with Gasteiger partial charge in [0.05, 0.1) is 23.3 Å². The first-order valence-corrected chi connectivity index (χ1v) is 10.0. The van der Waals surface area contributed by atoms with E-state index in [-0.39, 0.29) is 30.4 Å². The molecule has 150 valence electrons. The molecule has 5 rings (SSSR count). The molecule has 3 aromatic rings. The van der Waals surface area contributed by atoms with Crippen molar-refractivity contribution < 1.29 is 9.59 Å². The van der Waals surface area contributed by atoms with Crippen LogP contribution in [0.5, 0.6) is 0 Å². The highest BCUT2D eigenvalue weighted by molar-refractivity contribution is 5.84. The number of likely N-dealkylation sites (tertiary alicyclic amines) is 2. The molecule has 5 heterocycles. The van der Waals surface area contributed by atoms with Gasteiger partial charge in [0, 0.05) is 37.6 Å².